The number of carbonyl (C=O) groups is 2. The Morgan fingerprint density at radius 1 is 1.19 bits per heavy atom. The second-order valence-electron chi connectivity index (χ2n) is 5.97. The Morgan fingerprint density at radius 3 is 2.63 bits per heavy atom. The van der Waals surface area contributed by atoms with Crippen molar-refractivity contribution in [3.63, 3.8) is 0 Å². The van der Waals surface area contributed by atoms with Crippen molar-refractivity contribution in [3.8, 4) is 5.75 Å². The van der Waals surface area contributed by atoms with Crippen LogP contribution >= 0.6 is 15.9 Å². The van der Waals surface area contributed by atoms with Crippen LogP contribution in [0.25, 0.3) is 0 Å². The van der Waals surface area contributed by atoms with Crippen molar-refractivity contribution >= 4 is 33.6 Å². The molecule has 1 aliphatic heterocycles. The molecular weight excluding hydrogens is 410 g/mol. The number of allylic oxidation sites excluding steroid dienone is 1. The summed E-state index contributed by atoms with van der Waals surface area (Å²) < 4.78 is 6.39. The van der Waals surface area contributed by atoms with E-state index in [9.17, 15) is 9.59 Å². The van der Waals surface area contributed by atoms with Gasteiger partial charge in [0.15, 0.2) is 0 Å². The summed E-state index contributed by atoms with van der Waals surface area (Å²) >= 11 is 3.50. The summed E-state index contributed by atoms with van der Waals surface area (Å²) in [6, 6.07) is 13.8. The van der Waals surface area contributed by atoms with Gasteiger partial charge in [-0.15, -0.1) is 0 Å². The van der Waals surface area contributed by atoms with Gasteiger partial charge in [-0.1, -0.05) is 46.3 Å². The van der Waals surface area contributed by atoms with E-state index in [0.29, 0.717) is 29.3 Å². The van der Waals surface area contributed by atoms with E-state index in [0.717, 1.165) is 10.0 Å². The smallest absolute Gasteiger partial charge is 0.319 e. The predicted octanol–water partition coefficient (Wildman–Crippen LogP) is 4.11. The fraction of sp³-hybridized carbons (Fsp3) is 0.200. The van der Waals surface area contributed by atoms with Gasteiger partial charge in [0.2, 0.25) is 0 Å². The number of hydrogen-bond acceptors (Lipinski definition) is 3. The van der Waals surface area contributed by atoms with Crippen LogP contribution in [-0.4, -0.2) is 18.5 Å². The van der Waals surface area contributed by atoms with E-state index >= 15 is 0 Å². The van der Waals surface area contributed by atoms with E-state index < -0.39 is 6.04 Å². The van der Waals surface area contributed by atoms with E-state index in [1.54, 1.807) is 19.1 Å². The van der Waals surface area contributed by atoms with E-state index in [1.165, 1.54) is 0 Å². The van der Waals surface area contributed by atoms with Crippen LogP contribution in [0.1, 0.15) is 25.5 Å². The van der Waals surface area contributed by atoms with Crippen molar-refractivity contribution < 1.29 is 14.3 Å². The summed E-state index contributed by atoms with van der Waals surface area (Å²) in [7, 11) is 0. The molecule has 0 aliphatic carbocycles. The zero-order chi connectivity index (χ0) is 19.4. The van der Waals surface area contributed by atoms with Crippen LogP contribution in [-0.2, 0) is 4.79 Å². The third kappa shape index (κ3) is 4.14. The maximum atomic E-state index is 13.1. The van der Waals surface area contributed by atoms with Gasteiger partial charge in [-0.3, -0.25) is 4.79 Å². The molecule has 6 nitrogen and oxygen atoms in total. The molecule has 1 heterocycles. The normalized spacial score (nSPS) is 16.4. The third-order valence-electron chi connectivity index (χ3n) is 4.17. The van der Waals surface area contributed by atoms with E-state index in [2.05, 4.69) is 31.9 Å². The van der Waals surface area contributed by atoms with Gasteiger partial charge in [-0.25, -0.2) is 4.79 Å². The number of halogens is 1. The highest BCUT2D eigenvalue weighted by Crippen LogP contribution is 2.33. The maximum absolute atomic E-state index is 13.1. The minimum atomic E-state index is -0.575. The molecule has 0 unspecified atom stereocenters. The lowest BCUT2D eigenvalue weighted by atomic mass is 9.95. The quantitative estimate of drug-likeness (QED) is 0.668. The monoisotopic (exact) mass is 429 g/mol. The number of amides is 3. The number of carbonyl (C=O) groups excluding carboxylic acids is 2. The molecule has 3 rings (SSSR count). The highest BCUT2D eigenvalue weighted by molar-refractivity contribution is 9.10. The molecule has 0 saturated heterocycles. The van der Waals surface area contributed by atoms with Gasteiger partial charge in [0.05, 0.1) is 23.9 Å². The SMILES string of the molecule is CCOc1ccccc1NC(=O)C1=C(C)NC(=O)N[C@@H]1c1ccccc1Br. The van der Waals surface area contributed by atoms with E-state index in [1.807, 2.05) is 43.3 Å². The van der Waals surface area contributed by atoms with Crippen molar-refractivity contribution in [1.82, 2.24) is 10.6 Å². The first-order valence-corrected chi connectivity index (χ1v) is 9.36. The fourth-order valence-corrected chi connectivity index (χ4v) is 3.49. The molecular formula is C20H20BrN3O3. The third-order valence-corrected chi connectivity index (χ3v) is 4.89. The largest absolute Gasteiger partial charge is 0.492 e. The molecule has 1 atom stereocenters. The van der Waals surface area contributed by atoms with Gasteiger partial charge in [-0.05, 0) is 37.6 Å². The molecule has 140 valence electrons. The standard InChI is InChI=1S/C20H20BrN3O3/c1-3-27-16-11-7-6-10-15(16)23-19(25)17-12(2)22-20(26)24-18(17)13-8-4-5-9-14(13)21/h4-11,18H,3H2,1-2H3,(H,23,25)(H2,22,24,26)/t18-/m1/s1. The van der Waals surface area contributed by atoms with Crippen LogP contribution in [0.4, 0.5) is 10.5 Å². The number of anilines is 1. The summed E-state index contributed by atoms with van der Waals surface area (Å²) in [5, 5.41) is 8.41. The number of hydrogen-bond donors (Lipinski definition) is 3. The molecule has 3 N–H and O–H groups in total. The Bertz CT molecular complexity index is 911. The van der Waals surface area contributed by atoms with Crippen LogP contribution in [0.5, 0.6) is 5.75 Å². The second kappa shape index (κ2) is 8.26. The van der Waals surface area contributed by atoms with Gasteiger partial charge in [0.25, 0.3) is 5.91 Å². The first-order valence-electron chi connectivity index (χ1n) is 8.57. The number of urea groups is 1. The van der Waals surface area contributed by atoms with Crippen molar-refractivity contribution in [2.45, 2.75) is 19.9 Å². The highest BCUT2D eigenvalue weighted by Gasteiger charge is 2.32. The van der Waals surface area contributed by atoms with Crippen LogP contribution in [0.15, 0.2) is 64.3 Å². The molecule has 1 aliphatic rings. The van der Waals surface area contributed by atoms with E-state index in [-0.39, 0.29) is 11.9 Å². The lowest BCUT2D eigenvalue weighted by Gasteiger charge is -2.29. The van der Waals surface area contributed by atoms with Crippen molar-refractivity contribution in [2.24, 2.45) is 0 Å². The first-order chi connectivity index (χ1) is 13.0. The molecule has 0 bridgehead atoms. The number of para-hydroxylation sites is 2. The summed E-state index contributed by atoms with van der Waals surface area (Å²) in [6.07, 6.45) is 0. The fourth-order valence-electron chi connectivity index (χ4n) is 2.98. The highest BCUT2D eigenvalue weighted by atomic mass is 79.9. The molecule has 0 aromatic heterocycles. The summed E-state index contributed by atoms with van der Waals surface area (Å²) in [4.78, 5) is 25.1. The topological polar surface area (TPSA) is 79.5 Å². The number of nitrogens with one attached hydrogen (secondary N) is 3. The van der Waals surface area contributed by atoms with Gasteiger partial charge in [0.1, 0.15) is 5.75 Å². The molecule has 0 spiro atoms. The van der Waals surface area contributed by atoms with Gasteiger partial charge in [-0.2, -0.15) is 0 Å². The average molecular weight is 430 g/mol. The molecule has 2 aromatic rings. The summed E-state index contributed by atoms with van der Waals surface area (Å²) in [6.45, 7) is 4.09. The molecule has 0 radical (unpaired) electrons. The van der Waals surface area contributed by atoms with Crippen LogP contribution in [0.2, 0.25) is 0 Å². The molecule has 27 heavy (non-hydrogen) atoms. The maximum Gasteiger partial charge on any atom is 0.319 e. The molecule has 0 fully saturated rings. The summed E-state index contributed by atoms with van der Waals surface area (Å²) in [5.74, 6) is 0.282. The lowest BCUT2D eigenvalue weighted by molar-refractivity contribution is -0.113. The predicted molar refractivity (Wildman–Crippen MR) is 107 cm³/mol. The number of benzene rings is 2. The van der Waals surface area contributed by atoms with Gasteiger partial charge < -0.3 is 20.7 Å². The molecule has 7 heteroatoms. The zero-order valence-corrected chi connectivity index (χ0v) is 16.6. The van der Waals surface area contributed by atoms with Crippen LogP contribution < -0.4 is 20.7 Å². The Kier molecular flexibility index (Phi) is 5.81. The molecule has 0 saturated carbocycles. The lowest BCUT2D eigenvalue weighted by Crippen LogP contribution is -2.46. The molecule has 3 amide bonds. The Hall–Kier alpha value is -2.80. The van der Waals surface area contributed by atoms with Crippen LogP contribution in [0.3, 0.4) is 0 Å². The number of ether oxygens (including phenoxy) is 1. The van der Waals surface area contributed by atoms with Crippen LogP contribution in [0, 0.1) is 0 Å². The summed E-state index contributed by atoms with van der Waals surface area (Å²) in [5.41, 5.74) is 2.32. The second-order valence-corrected chi connectivity index (χ2v) is 6.83. The van der Waals surface area contributed by atoms with Gasteiger partial charge >= 0.3 is 6.03 Å². The average Bonchev–Trinajstić information content (AvgIpc) is 2.63. The first kappa shape index (κ1) is 19.0. The zero-order valence-electron chi connectivity index (χ0n) is 15.0. The van der Waals surface area contributed by atoms with Gasteiger partial charge in [0, 0.05) is 10.2 Å². The minimum Gasteiger partial charge on any atom is -0.492 e. The number of rotatable bonds is 5. The Labute approximate surface area is 166 Å². The van der Waals surface area contributed by atoms with Crippen molar-refractivity contribution in [1.29, 1.82) is 0 Å². The Morgan fingerprint density at radius 2 is 1.89 bits per heavy atom. The molecule has 2 aromatic carbocycles. The Balaban J connectivity index is 1.97. The van der Waals surface area contributed by atoms with Crippen molar-refractivity contribution in [3.05, 3.63) is 69.8 Å². The minimum absolute atomic E-state index is 0.312. The van der Waals surface area contributed by atoms with Crippen molar-refractivity contribution in [2.75, 3.05) is 11.9 Å². The van der Waals surface area contributed by atoms with E-state index in [4.69, 9.17) is 4.74 Å².